The number of thiazole rings is 1. The van der Waals surface area contributed by atoms with E-state index in [-0.39, 0.29) is 12.1 Å². The Balaban J connectivity index is 1.74. The smallest absolute Gasteiger partial charge is 0.0795 e. The van der Waals surface area contributed by atoms with E-state index < -0.39 is 0 Å². The molecule has 0 bridgehead atoms. The third-order valence-corrected chi connectivity index (χ3v) is 3.30. The largest absolute Gasteiger partial charge is 0.392 e. The number of rotatable bonds is 5. The lowest BCUT2D eigenvalue weighted by Crippen LogP contribution is -2.30. The summed E-state index contributed by atoms with van der Waals surface area (Å²) in [5.74, 6) is 0.546. The molecule has 1 saturated carbocycles. The zero-order chi connectivity index (χ0) is 9.97. The Morgan fingerprint density at radius 3 is 3.07 bits per heavy atom. The number of nitrogens with one attached hydrogen (secondary N) is 1. The summed E-state index contributed by atoms with van der Waals surface area (Å²) in [6, 6.07) is 0.245. The van der Waals surface area contributed by atoms with Crippen molar-refractivity contribution < 1.29 is 5.11 Å². The van der Waals surface area contributed by atoms with E-state index in [1.165, 1.54) is 12.8 Å². The van der Waals surface area contributed by atoms with Gasteiger partial charge in [-0.25, -0.2) is 4.98 Å². The number of hydrogen-bond acceptors (Lipinski definition) is 4. The van der Waals surface area contributed by atoms with Crippen LogP contribution in [0.5, 0.6) is 0 Å². The molecule has 78 valence electrons. The summed E-state index contributed by atoms with van der Waals surface area (Å²) in [5, 5.41) is 15.0. The molecule has 2 rings (SSSR count). The van der Waals surface area contributed by atoms with Crippen LogP contribution in [0.1, 0.15) is 31.5 Å². The normalized spacial score (nSPS) is 20.7. The molecule has 1 aromatic heterocycles. The maximum atomic E-state index is 9.66. The fraction of sp³-hybridized carbons (Fsp3) is 0.700. The molecule has 1 heterocycles. The average molecular weight is 212 g/mol. The lowest BCUT2D eigenvalue weighted by Gasteiger charge is -2.15. The molecular weight excluding hydrogens is 196 g/mol. The van der Waals surface area contributed by atoms with Gasteiger partial charge in [0, 0.05) is 18.0 Å². The van der Waals surface area contributed by atoms with Gasteiger partial charge in [-0.1, -0.05) is 0 Å². The second-order valence-corrected chi connectivity index (χ2v) is 4.67. The van der Waals surface area contributed by atoms with Gasteiger partial charge in [0.2, 0.25) is 0 Å². The van der Waals surface area contributed by atoms with Crippen LogP contribution in [-0.4, -0.2) is 22.7 Å². The van der Waals surface area contributed by atoms with Gasteiger partial charge in [0.1, 0.15) is 0 Å². The van der Waals surface area contributed by atoms with Crippen molar-refractivity contribution in [1.29, 1.82) is 0 Å². The van der Waals surface area contributed by atoms with Crippen molar-refractivity contribution in [2.75, 3.05) is 6.54 Å². The second-order valence-electron chi connectivity index (χ2n) is 3.95. The molecule has 3 nitrogen and oxygen atoms in total. The summed E-state index contributed by atoms with van der Waals surface area (Å²) >= 11 is 1.61. The Morgan fingerprint density at radius 2 is 2.50 bits per heavy atom. The van der Waals surface area contributed by atoms with Crippen molar-refractivity contribution in [3.63, 3.8) is 0 Å². The Kier molecular flexibility index (Phi) is 3.15. The van der Waals surface area contributed by atoms with E-state index in [1.54, 1.807) is 11.3 Å². The fourth-order valence-corrected chi connectivity index (χ4v) is 2.13. The standard InChI is InChI=1S/C10H16N2OS/c1-7(9-5-14-6-12-9)11-4-10(13)8-2-3-8/h5-8,10-11,13H,2-4H2,1H3. The molecule has 0 radical (unpaired) electrons. The Hall–Kier alpha value is -0.450. The van der Waals surface area contributed by atoms with Crippen molar-refractivity contribution in [3.05, 3.63) is 16.6 Å². The quantitative estimate of drug-likeness (QED) is 0.778. The predicted octanol–water partition coefficient (Wildman–Crippen LogP) is 1.56. The zero-order valence-corrected chi connectivity index (χ0v) is 9.13. The highest BCUT2D eigenvalue weighted by molar-refractivity contribution is 7.07. The summed E-state index contributed by atoms with van der Waals surface area (Å²) < 4.78 is 0. The van der Waals surface area contributed by atoms with Gasteiger partial charge in [-0.2, -0.15) is 0 Å². The Labute approximate surface area is 88.2 Å². The van der Waals surface area contributed by atoms with Gasteiger partial charge >= 0.3 is 0 Å². The second kappa shape index (κ2) is 4.38. The maximum absolute atomic E-state index is 9.66. The van der Waals surface area contributed by atoms with Gasteiger partial charge < -0.3 is 10.4 Å². The Morgan fingerprint density at radius 1 is 1.71 bits per heavy atom. The van der Waals surface area contributed by atoms with Gasteiger partial charge in [0.25, 0.3) is 0 Å². The van der Waals surface area contributed by atoms with Crippen LogP contribution >= 0.6 is 11.3 Å². The minimum Gasteiger partial charge on any atom is -0.392 e. The number of aliphatic hydroxyl groups excluding tert-OH is 1. The molecule has 0 amide bonds. The first-order valence-corrected chi connectivity index (χ1v) is 6.01. The maximum Gasteiger partial charge on any atom is 0.0795 e. The van der Waals surface area contributed by atoms with Crippen LogP contribution in [-0.2, 0) is 0 Å². The Bertz CT molecular complexity index is 272. The average Bonchev–Trinajstić information content (AvgIpc) is 2.90. The van der Waals surface area contributed by atoms with E-state index in [0.29, 0.717) is 12.5 Å². The molecule has 2 atom stereocenters. The van der Waals surface area contributed by atoms with Gasteiger partial charge in [0.15, 0.2) is 0 Å². The summed E-state index contributed by atoms with van der Waals surface area (Å²) in [7, 11) is 0. The highest BCUT2D eigenvalue weighted by Gasteiger charge is 2.29. The van der Waals surface area contributed by atoms with Crippen molar-refractivity contribution in [2.24, 2.45) is 5.92 Å². The topological polar surface area (TPSA) is 45.1 Å². The van der Waals surface area contributed by atoms with E-state index in [9.17, 15) is 5.11 Å². The van der Waals surface area contributed by atoms with Crippen LogP contribution in [0.2, 0.25) is 0 Å². The van der Waals surface area contributed by atoms with E-state index in [2.05, 4.69) is 17.2 Å². The first-order valence-electron chi connectivity index (χ1n) is 5.07. The molecule has 4 heteroatoms. The SMILES string of the molecule is CC(NCC(O)C1CC1)c1cscn1. The van der Waals surface area contributed by atoms with E-state index in [0.717, 1.165) is 5.69 Å². The molecule has 14 heavy (non-hydrogen) atoms. The molecule has 0 aliphatic heterocycles. The van der Waals surface area contributed by atoms with Crippen LogP contribution in [0, 0.1) is 5.92 Å². The molecule has 1 aliphatic carbocycles. The molecule has 2 N–H and O–H groups in total. The van der Waals surface area contributed by atoms with Crippen LogP contribution in [0.15, 0.2) is 10.9 Å². The lowest BCUT2D eigenvalue weighted by atomic mass is 10.2. The van der Waals surface area contributed by atoms with Gasteiger partial charge in [-0.3, -0.25) is 0 Å². The van der Waals surface area contributed by atoms with Crippen molar-refractivity contribution in [2.45, 2.75) is 31.9 Å². The van der Waals surface area contributed by atoms with Crippen LogP contribution < -0.4 is 5.32 Å². The zero-order valence-electron chi connectivity index (χ0n) is 8.31. The highest BCUT2D eigenvalue weighted by atomic mass is 32.1. The molecule has 1 aromatic rings. The van der Waals surface area contributed by atoms with Gasteiger partial charge in [-0.05, 0) is 25.7 Å². The molecule has 2 unspecified atom stereocenters. The first kappa shape index (κ1) is 10.1. The fourth-order valence-electron chi connectivity index (χ4n) is 1.49. The third-order valence-electron chi connectivity index (χ3n) is 2.69. The third kappa shape index (κ3) is 2.53. The summed E-state index contributed by atoms with van der Waals surface area (Å²) in [5.41, 5.74) is 2.91. The summed E-state index contributed by atoms with van der Waals surface area (Å²) in [6.07, 6.45) is 2.21. The molecule has 0 spiro atoms. The number of hydrogen-bond donors (Lipinski definition) is 2. The molecule has 1 aliphatic rings. The lowest BCUT2D eigenvalue weighted by molar-refractivity contribution is 0.145. The van der Waals surface area contributed by atoms with E-state index in [4.69, 9.17) is 0 Å². The summed E-state index contributed by atoms with van der Waals surface area (Å²) in [4.78, 5) is 4.23. The van der Waals surface area contributed by atoms with Crippen molar-refractivity contribution >= 4 is 11.3 Å². The number of nitrogens with zero attached hydrogens (tertiary/aromatic N) is 1. The predicted molar refractivity (Wildman–Crippen MR) is 57.3 cm³/mol. The molecule has 0 aromatic carbocycles. The van der Waals surface area contributed by atoms with Crippen molar-refractivity contribution in [1.82, 2.24) is 10.3 Å². The van der Waals surface area contributed by atoms with Crippen LogP contribution in [0.4, 0.5) is 0 Å². The van der Waals surface area contributed by atoms with E-state index in [1.807, 2.05) is 10.9 Å². The first-order chi connectivity index (χ1) is 6.77. The number of aromatic nitrogens is 1. The minimum atomic E-state index is -0.170. The minimum absolute atomic E-state index is 0.170. The van der Waals surface area contributed by atoms with Gasteiger partial charge in [-0.15, -0.1) is 11.3 Å². The van der Waals surface area contributed by atoms with Gasteiger partial charge in [0.05, 0.1) is 17.3 Å². The van der Waals surface area contributed by atoms with Crippen LogP contribution in [0.25, 0.3) is 0 Å². The molecular formula is C10H16N2OS. The van der Waals surface area contributed by atoms with Crippen molar-refractivity contribution in [3.8, 4) is 0 Å². The monoisotopic (exact) mass is 212 g/mol. The highest BCUT2D eigenvalue weighted by Crippen LogP contribution is 2.32. The molecule has 1 fully saturated rings. The number of aliphatic hydroxyl groups is 1. The van der Waals surface area contributed by atoms with E-state index >= 15 is 0 Å². The molecule has 0 saturated heterocycles. The summed E-state index contributed by atoms with van der Waals surface area (Å²) in [6.45, 7) is 2.76. The van der Waals surface area contributed by atoms with Crippen LogP contribution in [0.3, 0.4) is 0 Å².